The zero-order chi connectivity index (χ0) is 24.4. The largest absolute Gasteiger partial charge is 0.481 e. The Hall–Kier alpha value is -2.46. The van der Waals surface area contributed by atoms with Crippen molar-refractivity contribution in [3.8, 4) is 0 Å². The molecule has 3 fully saturated rings. The van der Waals surface area contributed by atoms with E-state index in [9.17, 15) is 23.6 Å². The van der Waals surface area contributed by atoms with Crippen LogP contribution in [0, 0.1) is 35.4 Å². The molecule has 7 unspecified atom stereocenters. The van der Waals surface area contributed by atoms with E-state index >= 15 is 0 Å². The van der Waals surface area contributed by atoms with Gasteiger partial charge in [-0.1, -0.05) is 29.9 Å². The average Bonchev–Trinajstić information content (AvgIpc) is 3.54. The van der Waals surface area contributed by atoms with Crippen molar-refractivity contribution in [3.05, 3.63) is 50.2 Å². The molecular formula is C25H25FN2O5S2. The van der Waals surface area contributed by atoms with Crippen LogP contribution in [0.5, 0.6) is 0 Å². The number of aliphatic carboxylic acids is 1. The molecule has 35 heavy (non-hydrogen) atoms. The zero-order valence-electron chi connectivity index (χ0n) is 18.8. The first-order valence-corrected chi connectivity index (χ1v) is 13.8. The molecule has 7 atom stereocenters. The number of thioether (sulfide) groups is 1. The summed E-state index contributed by atoms with van der Waals surface area (Å²) in [4.78, 5) is 55.0. The van der Waals surface area contributed by atoms with Crippen molar-refractivity contribution < 1.29 is 23.9 Å². The molecule has 184 valence electrons. The van der Waals surface area contributed by atoms with E-state index in [1.54, 1.807) is 23.9 Å². The first kappa shape index (κ1) is 23.0. The van der Waals surface area contributed by atoms with E-state index in [0.717, 1.165) is 21.9 Å². The third-order valence-electron chi connectivity index (χ3n) is 8.32. The summed E-state index contributed by atoms with van der Waals surface area (Å²) >= 11 is 2.83. The fraction of sp³-hybridized carbons (Fsp3) is 0.520. The zero-order valence-corrected chi connectivity index (χ0v) is 20.4. The fourth-order valence-electron chi connectivity index (χ4n) is 7.07. The number of H-pyrrole nitrogens is 1. The predicted molar refractivity (Wildman–Crippen MR) is 128 cm³/mol. The standard InChI is InChI=1S/C25H25FN2O5S2/c26-12-7-5-11(6-8-12)16-17-13-10-14(20(17)34-22-21(16)35-25(33)27-22)19-18(13)23(31)28(24(19)32)9-3-1-2-4-15(29)30/h5-8,13-14,16-20H,1-4,9-10H2,(H,27,33)(H,29,30). The molecule has 3 heterocycles. The number of aromatic amines is 1. The summed E-state index contributed by atoms with van der Waals surface area (Å²) < 4.78 is 13.7. The summed E-state index contributed by atoms with van der Waals surface area (Å²) in [5.41, 5.74) is 0.939. The molecule has 1 aromatic carbocycles. The number of rotatable bonds is 7. The number of benzene rings is 1. The molecule has 7 nitrogen and oxygen atoms in total. The Balaban J connectivity index is 1.28. The summed E-state index contributed by atoms with van der Waals surface area (Å²) in [5, 5.41) is 9.76. The lowest BCUT2D eigenvalue weighted by molar-refractivity contribution is -0.141. The van der Waals surface area contributed by atoms with Gasteiger partial charge in [0.05, 0.1) is 16.9 Å². The van der Waals surface area contributed by atoms with Crippen molar-refractivity contribution in [2.24, 2.45) is 29.6 Å². The number of amides is 2. The van der Waals surface area contributed by atoms with Gasteiger partial charge in [0, 0.05) is 29.0 Å². The van der Waals surface area contributed by atoms with Crippen LogP contribution in [0.25, 0.3) is 0 Å². The van der Waals surface area contributed by atoms with Crippen LogP contribution in [0.3, 0.4) is 0 Å². The maximum absolute atomic E-state index is 13.7. The van der Waals surface area contributed by atoms with Gasteiger partial charge in [-0.2, -0.15) is 0 Å². The van der Waals surface area contributed by atoms with Gasteiger partial charge in [-0.3, -0.25) is 24.1 Å². The van der Waals surface area contributed by atoms with E-state index in [-0.39, 0.29) is 69.7 Å². The molecule has 6 rings (SSSR count). The second kappa shape index (κ2) is 8.58. The van der Waals surface area contributed by atoms with Crippen LogP contribution in [0.4, 0.5) is 4.39 Å². The third kappa shape index (κ3) is 3.59. The topological polar surface area (TPSA) is 108 Å². The monoisotopic (exact) mass is 516 g/mol. The molecule has 1 saturated heterocycles. The number of hydrogen-bond donors (Lipinski definition) is 2. The van der Waals surface area contributed by atoms with Crippen molar-refractivity contribution in [1.29, 1.82) is 0 Å². The van der Waals surface area contributed by atoms with E-state index in [0.29, 0.717) is 25.8 Å². The normalized spacial score (nSPS) is 32.6. The lowest BCUT2D eigenvalue weighted by Crippen LogP contribution is -2.42. The van der Waals surface area contributed by atoms with Gasteiger partial charge < -0.3 is 10.1 Å². The number of thiazole rings is 1. The van der Waals surface area contributed by atoms with Gasteiger partial charge in [0.2, 0.25) is 11.8 Å². The molecule has 2 saturated carbocycles. The Labute approximate surface area is 209 Å². The molecule has 2 aliphatic carbocycles. The number of fused-ring (bicyclic) bond motifs is 9. The molecular weight excluding hydrogens is 491 g/mol. The Morgan fingerprint density at radius 2 is 1.77 bits per heavy atom. The van der Waals surface area contributed by atoms with Crippen LogP contribution in [0.15, 0.2) is 34.1 Å². The third-order valence-corrected chi connectivity index (χ3v) is 10.9. The van der Waals surface area contributed by atoms with Gasteiger partial charge in [-0.25, -0.2) is 4.39 Å². The summed E-state index contributed by atoms with van der Waals surface area (Å²) in [6, 6.07) is 6.42. The van der Waals surface area contributed by atoms with Gasteiger partial charge in [0.25, 0.3) is 0 Å². The number of carboxylic acids is 1. The van der Waals surface area contributed by atoms with Crippen molar-refractivity contribution in [2.45, 2.75) is 48.3 Å². The number of likely N-dealkylation sites (tertiary alicyclic amines) is 1. The highest BCUT2D eigenvalue weighted by atomic mass is 32.2. The van der Waals surface area contributed by atoms with Crippen molar-refractivity contribution in [2.75, 3.05) is 6.54 Å². The number of nitrogens with zero attached hydrogens (tertiary/aromatic N) is 1. The second-order valence-electron chi connectivity index (χ2n) is 10.0. The quantitative estimate of drug-likeness (QED) is 0.429. The first-order valence-electron chi connectivity index (χ1n) is 12.1. The summed E-state index contributed by atoms with van der Waals surface area (Å²) in [7, 11) is 0. The summed E-state index contributed by atoms with van der Waals surface area (Å²) in [5.74, 6) is -1.91. The highest BCUT2D eigenvalue weighted by Gasteiger charge is 2.69. The average molecular weight is 517 g/mol. The molecule has 0 spiro atoms. The number of unbranched alkanes of at least 4 members (excludes halogenated alkanes) is 2. The number of aromatic nitrogens is 1. The van der Waals surface area contributed by atoms with Gasteiger partial charge in [-0.15, -0.1) is 11.8 Å². The van der Waals surface area contributed by atoms with E-state index in [2.05, 4.69) is 4.98 Å². The molecule has 2 bridgehead atoms. The number of hydrogen-bond acceptors (Lipinski definition) is 6. The molecule has 0 radical (unpaired) electrons. The molecule has 1 aromatic heterocycles. The van der Waals surface area contributed by atoms with E-state index in [4.69, 9.17) is 5.11 Å². The number of carbonyl (C=O) groups excluding carboxylic acids is 2. The van der Waals surface area contributed by atoms with Crippen molar-refractivity contribution in [1.82, 2.24) is 9.88 Å². The Kier molecular flexibility index (Phi) is 5.63. The summed E-state index contributed by atoms with van der Waals surface area (Å²) in [6.45, 7) is 0.342. The van der Waals surface area contributed by atoms with Crippen molar-refractivity contribution in [3.63, 3.8) is 0 Å². The highest BCUT2D eigenvalue weighted by molar-refractivity contribution is 8.00. The van der Waals surface area contributed by atoms with Gasteiger partial charge in [0.1, 0.15) is 5.82 Å². The lowest BCUT2D eigenvalue weighted by atomic mass is 9.68. The lowest BCUT2D eigenvalue weighted by Gasteiger charge is -2.43. The van der Waals surface area contributed by atoms with Gasteiger partial charge in [0.15, 0.2) is 0 Å². The number of carbonyl (C=O) groups is 3. The van der Waals surface area contributed by atoms with Crippen LogP contribution in [0.1, 0.15) is 48.5 Å². The Morgan fingerprint density at radius 3 is 2.49 bits per heavy atom. The SMILES string of the molecule is O=C(O)CCCCCN1C(=O)C2C3CC(C2C1=O)C1C(c2ccc(F)cc2)c2sc(=O)[nH]c2SC31. The van der Waals surface area contributed by atoms with Crippen LogP contribution in [0.2, 0.25) is 0 Å². The fourth-order valence-corrected chi connectivity index (χ4v) is 9.95. The summed E-state index contributed by atoms with van der Waals surface area (Å²) in [6.07, 6.45) is 2.71. The predicted octanol–water partition coefficient (Wildman–Crippen LogP) is 3.69. The molecule has 2 aromatic rings. The molecule has 4 aliphatic rings. The first-order chi connectivity index (χ1) is 16.8. The highest BCUT2D eigenvalue weighted by Crippen LogP contribution is 2.68. The minimum Gasteiger partial charge on any atom is -0.481 e. The number of carboxylic acid groups (broad SMARTS) is 1. The van der Waals surface area contributed by atoms with Crippen LogP contribution < -0.4 is 4.87 Å². The maximum atomic E-state index is 13.7. The van der Waals surface area contributed by atoms with Gasteiger partial charge in [-0.05, 0) is 54.7 Å². The van der Waals surface area contributed by atoms with E-state index in [1.807, 2.05) is 0 Å². The van der Waals surface area contributed by atoms with E-state index in [1.165, 1.54) is 28.4 Å². The van der Waals surface area contributed by atoms with Crippen LogP contribution in [-0.2, 0) is 14.4 Å². The molecule has 10 heteroatoms. The minimum absolute atomic E-state index is 0.0383. The maximum Gasteiger partial charge on any atom is 0.305 e. The number of halogens is 1. The second-order valence-corrected chi connectivity index (χ2v) is 12.2. The smallest absolute Gasteiger partial charge is 0.305 e. The number of nitrogens with one attached hydrogen (secondary N) is 1. The van der Waals surface area contributed by atoms with Crippen molar-refractivity contribution >= 4 is 40.9 Å². The molecule has 2 N–H and O–H groups in total. The Bertz CT molecular complexity index is 1260. The Morgan fingerprint density at radius 1 is 1.06 bits per heavy atom. The number of imide groups is 1. The minimum atomic E-state index is -0.838. The molecule has 2 amide bonds. The van der Waals surface area contributed by atoms with Crippen LogP contribution >= 0.6 is 23.1 Å². The van der Waals surface area contributed by atoms with Gasteiger partial charge >= 0.3 is 10.8 Å². The molecule has 2 aliphatic heterocycles. The van der Waals surface area contributed by atoms with E-state index < -0.39 is 5.97 Å². The van der Waals surface area contributed by atoms with Crippen LogP contribution in [-0.4, -0.2) is 44.6 Å².